The zero-order chi connectivity index (χ0) is 11.6. The number of hydrogen-bond acceptors (Lipinski definition) is 3. The van der Waals surface area contributed by atoms with Crippen LogP contribution >= 0.6 is 23.2 Å². The minimum atomic E-state index is -1.64. The van der Waals surface area contributed by atoms with Gasteiger partial charge in [0.25, 0.3) is 0 Å². The van der Waals surface area contributed by atoms with Gasteiger partial charge >= 0.3 is 7.12 Å². The lowest BCUT2D eigenvalue weighted by molar-refractivity contribution is 0.242. The topological polar surface area (TPSA) is 49.7 Å². The van der Waals surface area contributed by atoms with Crippen LogP contribution < -0.4 is 10.2 Å². The lowest BCUT2D eigenvalue weighted by Crippen LogP contribution is -2.31. The summed E-state index contributed by atoms with van der Waals surface area (Å²) in [6.45, 7) is 3.72. The minimum absolute atomic E-state index is 0.0246. The first-order valence-electron chi connectivity index (χ1n) is 4.44. The van der Waals surface area contributed by atoms with Crippen LogP contribution in [0.4, 0.5) is 0 Å². The Hall–Kier alpha value is -0.415. The highest BCUT2D eigenvalue weighted by Gasteiger charge is 2.19. The van der Waals surface area contributed by atoms with E-state index in [1.807, 2.05) is 13.8 Å². The summed E-state index contributed by atoms with van der Waals surface area (Å²) >= 11 is 11.8. The highest BCUT2D eigenvalue weighted by Crippen LogP contribution is 2.31. The molecule has 0 saturated carbocycles. The van der Waals surface area contributed by atoms with Crippen molar-refractivity contribution >= 4 is 35.8 Å². The Morgan fingerprint density at radius 2 is 1.80 bits per heavy atom. The van der Waals surface area contributed by atoms with Gasteiger partial charge in [-0.15, -0.1) is 0 Å². The van der Waals surface area contributed by atoms with Crippen LogP contribution in [-0.4, -0.2) is 23.3 Å². The van der Waals surface area contributed by atoms with Crippen LogP contribution in [0.2, 0.25) is 10.0 Å². The van der Waals surface area contributed by atoms with Gasteiger partial charge in [-0.05, 0) is 19.9 Å². The Labute approximate surface area is 98.7 Å². The van der Waals surface area contributed by atoms with E-state index < -0.39 is 7.12 Å². The van der Waals surface area contributed by atoms with Crippen molar-refractivity contribution in [2.45, 2.75) is 20.0 Å². The molecule has 0 aliphatic carbocycles. The van der Waals surface area contributed by atoms with E-state index in [1.54, 1.807) is 6.07 Å². The van der Waals surface area contributed by atoms with Gasteiger partial charge in [-0.3, -0.25) is 0 Å². The molecule has 0 fully saturated rings. The molecule has 82 valence electrons. The fourth-order valence-corrected chi connectivity index (χ4v) is 1.56. The SMILES string of the molecule is CC(C)Oc1ccc(B(O)O)c(Cl)c1Cl. The van der Waals surface area contributed by atoms with Crippen molar-refractivity contribution in [1.29, 1.82) is 0 Å². The van der Waals surface area contributed by atoms with Crippen molar-refractivity contribution in [3.05, 3.63) is 22.2 Å². The summed E-state index contributed by atoms with van der Waals surface area (Å²) in [5.74, 6) is 0.432. The van der Waals surface area contributed by atoms with Crippen LogP contribution in [0, 0.1) is 0 Å². The molecule has 15 heavy (non-hydrogen) atoms. The smallest absolute Gasteiger partial charge is 0.489 e. The van der Waals surface area contributed by atoms with Crippen molar-refractivity contribution < 1.29 is 14.8 Å². The monoisotopic (exact) mass is 248 g/mol. The van der Waals surface area contributed by atoms with E-state index in [0.29, 0.717) is 5.75 Å². The van der Waals surface area contributed by atoms with Gasteiger partial charge in [0.2, 0.25) is 0 Å². The highest BCUT2D eigenvalue weighted by atomic mass is 35.5. The molecule has 0 aromatic heterocycles. The van der Waals surface area contributed by atoms with Crippen molar-refractivity contribution in [1.82, 2.24) is 0 Å². The van der Waals surface area contributed by atoms with Gasteiger partial charge < -0.3 is 14.8 Å². The Morgan fingerprint density at radius 3 is 2.27 bits per heavy atom. The normalized spacial score (nSPS) is 10.6. The average Bonchev–Trinajstić information content (AvgIpc) is 2.12. The molecule has 1 rings (SSSR count). The maximum atomic E-state index is 8.97. The molecule has 6 heteroatoms. The second-order valence-electron chi connectivity index (χ2n) is 3.32. The first-order valence-corrected chi connectivity index (χ1v) is 5.19. The third kappa shape index (κ3) is 3.02. The molecule has 0 saturated heterocycles. The molecular formula is C9H11BCl2O3. The van der Waals surface area contributed by atoms with Crippen molar-refractivity contribution in [3.8, 4) is 5.75 Å². The van der Waals surface area contributed by atoms with Gasteiger partial charge in [0.1, 0.15) is 10.8 Å². The van der Waals surface area contributed by atoms with Crippen LogP contribution in [0.5, 0.6) is 5.75 Å². The van der Waals surface area contributed by atoms with Crippen LogP contribution in [0.1, 0.15) is 13.8 Å². The fourth-order valence-electron chi connectivity index (χ4n) is 1.09. The molecule has 0 unspecified atom stereocenters. The average molecular weight is 249 g/mol. The van der Waals surface area contributed by atoms with Gasteiger partial charge in [0.15, 0.2) is 0 Å². The molecule has 0 bridgehead atoms. The molecule has 0 heterocycles. The number of hydrogen-bond donors (Lipinski definition) is 2. The third-order valence-corrected chi connectivity index (χ3v) is 2.60. The summed E-state index contributed by atoms with van der Waals surface area (Å²) in [7, 11) is -1.64. The lowest BCUT2D eigenvalue weighted by Gasteiger charge is -2.13. The van der Waals surface area contributed by atoms with E-state index in [2.05, 4.69) is 0 Å². The minimum Gasteiger partial charge on any atom is -0.489 e. The van der Waals surface area contributed by atoms with Crippen molar-refractivity contribution in [2.24, 2.45) is 0 Å². The van der Waals surface area contributed by atoms with E-state index in [0.717, 1.165) is 0 Å². The summed E-state index contributed by atoms with van der Waals surface area (Å²) < 4.78 is 5.38. The number of benzene rings is 1. The summed E-state index contributed by atoms with van der Waals surface area (Å²) in [6, 6.07) is 3.03. The first kappa shape index (κ1) is 12.7. The summed E-state index contributed by atoms with van der Waals surface area (Å²) in [5.41, 5.74) is 0.165. The Balaban J connectivity index is 3.10. The second-order valence-corrected chi connectivity index (χ2v) is 4.08. The molecular weight excluding hydrogens is 238 g/mol. The van der Waals surface area contributed by atoms with Gasteiger partial charge in [0, 0.05) is 5.46 Å². The third-order valence-electron chi connectivity index (χ3n) is 1.72. The number of rotatable bonds is 3. The predicted molar refractivity (Wildman–Crippen MR) is 62.1 cm³/mol. The van der Waals surface area contributed by atoms with Crippen LogP contribution in [0.15, 0.2) is 12.1 Å². The van der Waals surface area contributed by atoms with Crippen LogP contribution in [0.25, 0.3) is 0 Å². The summed E-state index contributed by atoms with van der Waals surface area (Å²) in [5, 5.41) is 18.2. The van der Waals surface area contributed by atoms with Crippen molar-refractivity contribution in [3.63, 3.8) is 0 Å². The molecule has 0 atom stereocenters. The Kier molecular flexibility index (Phi) is 4.28. The van der Waals surface area contributed by atoms with E-state index >= 15 is 0 Å². The van der Waals surface area contributed by atoms with Crippen molar-refractivity contribution in [2.75, 3.05) is 0 Å². The van der Waals surface area contributed by atoms with Gasteiger partial charge in [-0.1, -0.05) is 29.3 Å². The van der Waals surface area contributed by atoms with Gasteiger partial charge in [-0.25, -0.2) is 0 Å². The summed E-state index contributed by atoms with van der Waals surface area (Å²) in [4.78, 5) is 0. The Morgan fingerprint density at radius 1 is 1.20 bits per heavy atom. The van der Waals surface area contributed by atoms with E-state index in [-0.39, 0.29) is 21.6 Å². The zero-order valence-electron chi connectivity index (χ0n) is 8.37. The fraction of sp³-hybridized carbons (Fsp3) is 0.333. The number of ether oxygens (including phenoxy) is 1. The predicted octanol–water partition coefficient (Wildman–Crippen LogP) is 1.46. The molecule has 3 nitrogen and oxygen atoms in total. The maximum Gasteiger partial charge on any atom is 0.490 e. The second kappa shape index (κ2) is 5.08. The van der Waals surface area contributed by atoms with E-state index in [4.69, 9.17) is 38.0 Å². The molecule has 0 radical (unpaired) electrons. The highest BCUT2D eigenvalue weighted by molar-refractivity contribution is 6.64. The summed E-state index contributed by atoms with van der Waals surface area (Å²) in [6.07, 6.45) is -0.0246. The maximum absolute atomic E-state index is 8.97. The molecule has 0 amide bonds. The molecule has 2 N–H and O–H groups in total. The standard InChI is InChI=1S/C9H11BCl2O3/c1-5(2)15-7-4-3-6(10(13)14)8(11)9(7)12/h3-5,13-14H,1-2H3. The lowest BCUT2D eigenvalue weighted by atomic mass is 9.80. The van der Waals surface area contributed by atoms with Crippen LogP contribution in [0.3, 0.4) is 0 Å². The number of halogens is 2. The molecule has 0 aliphatic heterocycles. The van der Waals surface area contributed by atoms with Gasteiger partial charge in [0.05, 0.1) is 11.1 Å². The first-order chi connectivity index (χ1) is 6.93. The Bertz CT molecular complexity index is 355. The van der Waals surface area contributed by atoms with E-state index in [1.165, 1.54) is 6.07 Å². The molecule has 1 aromatic rings. The zero-order valence-corrected chi connectivity index (χ0v) is 9.88. The molecule has 1 aromatic carbocycles. The van der Waals surface area contributed by atoms with Crippen LogP contribution in [-0.2, 0) is 0 Å². The van der Waals surface area contributed by atoms with Gasteiger partial charge in [-0.2, -0.15) is 0 Å². The van der Waals surface area contributed by atoms with E-state index in [9.17, 15) is 0 Å². The molecule has 0 aliphatic rings. The quantitative estimate of drug-likeness (QED) is 0.797. The largest absolute Gasteiger partial charge is 0.490 e. The molecule has 0 spiro atoms.